The van der Waals surface area contributed by atoms with Gasteiger partial charge in [-0.05, 0) is 35.7 Å². The highest BCUT2D eigenvalue weighted by Gasteiger charge is 2.20. The van der Waals surface area contributed by atoms with Crippen LogP contribution < -0.4 is 4.31 Å². The monoisotopic (exact) mass is 324 g/mol. The molecule has 0 saturated carbocycles. The van der Waals surface area contributed by atoms with Gasteiger partial charge in [-0.2, -0.15) is 0 Å². The number of aryl methyl sites for hydroxylation is 1. The Hall–Kier alpha value is -1.59. The van der Waals surface area contributed by atoms with Gasteiger partial charge in [0.1, 0.15) is 5.82 Å². The lowest BCUT2D eigenvalue weighted by atomic mass is 10.2. The van der Waals surface area contributed by atoms with Crippen molar-refractivity contribution in [1.29, 1.82) is 0 Å². The Kier molecular flexibility index (Phi) is 4.85. The molecule has 0 aliphatic heterocycles. The van der Waals surface area contributed by atoms with E-state index >= 15 is 0 Å². The third-order valence-corrected chi connectivity index (χ3v) is 4.63. The van der Waals surface area contributed by atoms with Gasteiger partial charge in [0, 0.05) is 11.2 Å². The molecule has 6 heteroatoms. The Labute approximate surface area is 130 Å². The van der Waals surface area contributed by atoms with Gasteiger partial charge < -0.3 is 0 Å². The molecular formula is C15H17ClN2O2S. The molecule has 0 unspecified atom stereocenters. The van der Waals surface area contributed by atoms with E-state index in [-0.39, 0.29) is 6.54 Å². The molecule has 1 aromatic carbocycles. The Morgan fingerprint density at radius 2 is 1.95 bits per heavy atom. The number of nitrogens with zero attached hydrogens (tertiary/aromatic N) is 2. The summed E-state index contributed by atoms with van der Waals surface area (Å²) in [5.41, 5.74) is 1.78. The van der Waals surface area contributed by atoms with E-state index in [0.717, 1.165) is 17.5 Å². The van der Waals surface area contributed by atoms with Crippen molar-refractivity contribution >= 4 is 27.4 Å². The van der Waals surface area contributed by atoms with Crippen LogP contribution in [0.3, 0.4) is 0 Å². The van der Waals surface area contributed by atoms with E-state index in [1.807, 2.05) is 31.2 Å². The van der Waals surface area contributed by atoms with E-state index in [4.69, 9.17) is 11.6 Å². The maximum Gasteiger partial charge on any atom is 0.233 e. The minimum absolute atomic E-state index is 0.165. The van der Waals surface area contributed by atoms with Crippen LogP contribution in [0.4, 0.5) is 5.82 Å². The molecule has 21 heavy (non-hydrogen) atoms. The third-order valence-electron chi connectivity index (χ3n) is 3.15. The topological polar surface area (TPSA) is 50.3 Å². The highest BCUT2D eigenvalue weighted by atomic mass is 35.5. The summed E-state index contributed by atoms with van der Waals surface area (Å²) in [6.07, 6.45) is 3.61. The van der Waals surface area contributed by atoms with E-state index < -0.39 is 10.0 Å². The molecule has 0 radical (unpaired) electrons. The molecule has 112 valence electrons. The number of benzene rings is 1. The average Bonchev–Trinajstić information content (AvgIpc) is 2.45. The van der Waals surface area contributed by atoms with Crippen LogP contribution in [0.2, 0.25) is 5.02 Å². The first-order valence-electron chi connectivity index (χ1n) is 6.58. The molecule has 2 aromatic rings. The first-order valence-corrected chi connectivity index (χ1v) is 8.80. The summed E-state index contributed by atoms with van der Waals surface area (Å²) in [6, 6.07) is 10.9. The average molecular weight is 325 g/mol. The van der Waals surface area contributed by atoms with Crippen molar-refractivity contribution in [2.75, 3.05) is 10.6 Å². The number of hydrogen-bond acceptors (Lipinski definition) is 3. The van der Waals surface area contributed by atoms with E-state index in [2.05, 4.69) is 4.98 Å². The highest BCUT2D eigenvalue weighted by molar-refractivity contribution is 7.92. The SMILES string of the molecule is CCc1ccnc(N(Cc2ccccc2Cl)S(C)(=O)=O)c1. The smallest absolute Gasteiger partial charge is 0.233 e. The van der Waals surface area contributed by atoms with Crippen molar-refractivity contribution in [3.05, 3.63) is 58.7 Å². The summed E-state index contributed by atoms with van der Waals surface area (Å²) in [5.74, 6) is 0.414. The fourth-order valence-corrected chi connectivity index (χ4v) is 2.98. The van der Waals surface area contributed by atoms with Gasteiger partial charge in [0.05, 0.1) is 12.8 Å². The van der Waals surface area contributed by atoms with Crippen LogP contribution in [0.5, 0.6) is 0 Å². The van der Waals surface area contributed by atoms with Crippen molar-refractivity contribution in [3.8, 4) is 0 Å². The lowest BCUT2D eigenvalue weighted by Gasteiger charge is -2.22. The van der Waals surface area contributed by atoms with Crippen molar-refractivity contribution in [3.63, 3.8) is 0 Å². The van der Waals surface area contributed by atoms with Crippen LogP contribution in [-0.2, 0) is 23.0 Å². The third kappa shape index (κ3) is 3.95. The van der Waals surface area contributed by atoms with Crippen LogP contribution in [-0.4, -0.2) is 19.7 Å². The first-order chi connectivity index (χ1) is 9.91. The second-order valence-electron chi connectivity index (χ2n) is 4.74. The van der Waals surface area contributed by atoms with Crippen LogP contribution in [0.1, 0.15) is 18.1 Å². The zero-order chi connectivity index (χ0) is 15.5. The lowest BCUT2D eigenvalue weighted by molar-refractivity contribution is 0.595. The summed E-state index contributed by atoms with van der Waals surface area (Å²) in [4.78, 5) is 4.18. The molecule has 0 spiro atoms. The van der Waals surface area contributed by atoms with E-state index in [1.165, 1.54) is 10.6 Å². The Morgan fingerprint density at radius 1 is 1.24 bits per heavy atom. The Balaban J connectivity index is 2.42. The van der Waals surface area contributed by atoms with Crippen molar-refractivity contribution in [2.45, 2.75) is 19.9 Å². The molecular weight excluding hydrogens is 308 g/mol. The lowest BCUT2D eigenvalue weighted by Crippen LogP contribution is -2.30. The minimum Gasteiger partial charge on any atom is -0.249 e. The zero-order valence-electron chi connectivity index (χ0n) is 12.0. The molecule has 0 bridgehead atoms. The number of rotatable bonds is 5. The predicted octanol–water partition coefficient (Wildman–Crippen LogP) is 3.26. The van der Waals surface area contributed by atoms with Gasteiger partial charge in [0.15, 0.2) is 0 Å². The summed E-state index contributed by atoms with van der Waals surface area (Å²) >= 11 is 6.12. The van der Waals surface area contributed by atoms with Crippen LogP contribution in [0.15, 0.2) is 42.6 Å². The Morgan fingerprint density at radius 3 is 2.57 bits per heavy atom. The van der Waals surface area contributed by atoms with Crippen molar-refractivity contribution in [2.24, 2.45) is 0 Å². The summed E-state index contributed by atoms with van der Waals surface area (Å²) in [5, 5.41) is 0.540. The standard InChI is InChI=1S/C15H17ClN2O2S/c1-3-12-8-9-17-15(10-12)18(21(2,19)20)11-13-6-4-5-7-14(13)16/h4-10H,3,11H2,1-2H3. The summed E-state index contributed by atoms with van der Waals surface area (Å²) in [7, 11) is -3.45. The number of halogens is 1. The van der Waals surface area contributed by atoms with Crippen LogP contribution in [0, 0.1) is 0 Å². The Bertz CT molecular complexity index is 732. The molecule has 4 nitrogen and oxygen atoms in total. The normalized spacial score (nSPS) is 11.4. The molecule has 0 N–H and O–H groups in total. The van der Waals surface area contributed by atoms with E-state index in [0.29, 0.717) is 10.8 Å². The number of sulfonamides is 1. The van der Waals surface area contributed by atoms with Crippen molar-refractivity contribution < 1.29 is 8.42 Å². The quantitative estimate of drug-likeness (QED) is 0.848. The zero-order valence-corrected chi connectivity index (χ0v) is 13.5. The van der Waals surface area contributed by atoms with Crippen molar-refractivity contribution in [1.82, 2.24) is 4.98 Å². The molecule has 0 saturated heterocycles. The summed E-state index contributed by atoms with van der Waals surface area (Å²) < 4.78 is 25.5. The molecule has 0 amide bonds. The second-order valence-corrected chi connectivity index (χ2v) is 7.05. The van der Waals surface area contributed by atoms with Crippen LogP contribution >= 0.6 is 11.6 Å². The fourth-order valence-electron chi connectivity index (χ4n) is 1.97. The van der Waals surface area contributed by atoms with Gasteiger partial charge in [-0.25, -0.2) is 17.7 Å². The van der Waals surface area contributed by atoms with Gasteiger partial charge >= 0.3 is 0 Å². The molecule has 0 aliphatic rings. The number of aromatic nitrogens is 1. The molecule has 0 atom stereocenters. The van der Waals surface area contributed by atoms with Crippen LogP contribution in [0.25, 0.3) is 0 Å². The minimum atomic E-state index is -3.45. The van der Waals surface area contributed by atoms with Gasteiger partial charge in [-0.3, -0.25) is 0 Å². The molecule has 0 aliphatic carbocycles. The second kappa shape index (κ2) is 6.45. The predicted molar refractivity (Wildman–Crippen MR) is 86.1 cm³/mol. The maximum absolute atomic E-state index is 12.1. The fraction of sp³-hybridized carbons (Fsp3) is 0.267. The largest absolute Gasteiger partial charge is 0.249 e. The molecule has 0 fully saturated rings. The maximum atomic E-state index is 12.1. The molecule has 1 heterocycles. The number of anilines is 1. The van der Waals surface area contributed by atoms with E-state index in [9.17, 15) is 8.42 Å². The van der Waals surface area contributed by atoms with E-state index in [1.54, 1.807) is 18.3 Å². The van der Waals surface area contributed by atoms with Gasteiger partial charge in [-0.15, -0.1) is 0 Å². The highest BCUT2D eigenvalue weighted by Crippen LogP contribution is 2.23. The van der Waals surface area contributed by atoms with Gasteiger partial charge in [-0.1, -0.05) is 36.7 Å². The first kappa shape index (κ1) is 15.8. The number of hydrogen-bond donors (Lipinski definition) is 0. The number of pyridine rings is 1. The molecule has 1 aromatic heterocycles. The van der Waals surface area contributed by atoms with Gasteiger partial charge in [0.2, 0.25) is 10.0 Å². The molecule has 2 rings (SSSR count). The summed E-state index contributed by atoms with van der Waals surface area (Å²) in [6.45, 7) is 2.18. The van der Waals surface area contributed by atoms with Gasteiger partial charge in [0.25, 0.3) is 0 Å².